The molecule has 1 spiro atoms. The van der Waals surface area contributed by atoms with Gasteiger partial charge in [0, 0.05) is 0 Å². The lowest BCUT2D eigenvalue weighted by molar-refractivity contribution is -0.138. The first-order valence-corrected chi connectivity index (χ1v) is 10.1. The lowest BCUT2D eigenvalue weighted by Crippen LogP contribution is -2.36. The van der Waals surface area contributed by atoms with E-state index in [-0.39, 0.29) is 28.3 Å². The fourth-order valence-corrected chi connectivity index (χ4v) is 4.97. The second-order valence-electron chi connectivity index (χ2n) is 6.48. The van der Waals surface area contributed by atoms with Gasteiger partial charge in [-0.25, -0.2) is 17.6 Å². The number of sulfonamides is 1. The van der Waals surface area contributed by atoms with Gasteiger partial charge in [-0.1, -0.05) is 17.7 Å². The van der Waals surface area contributed by atoms with E-state index in [1.54, 1.807) is 13.0 Å². The van der Waals surface area contributed by atoms with Gasteiger partial charge in [-0.2, -0.15) is 0 Å². The van der Waals surface area contributed by atoms with Gasteiger partial charge in [-0.3, -0.25) is 4.72 Å². The highest BCUT2D eigenvalue weighted by atomic mass is 35.5. The summed E-state index contributed by atoms with van der Waals surface area (Å²) in [5, 5.41) is -1.06. The first-order chi connectivity index (χ1) is 11.8. The summed E-state index contributed by atoms with van der Waals surface area (Å²) in [4.78, 5) is 12.3. The van der Waals surface area contributed by atoms with Crippen LogP contribution in [-0.2, 0) is 19.6 Å². The maximum atomic E-state index is 13.1. The number of halogens is 2. The molecule has 1 saturated carbocycles. The summed E-state index contributed by atoms with van der Waals surface area (Å²) in [5.41, 5.74) is 0.205. The predicted octanol–water partition coefficient (Wildman–Crippen LogP) is 3.65. The Morgan fingerprint density at radius 3 is 2.72 bits per heavy atom. The number of nitrogens with one attached hydrogen (secondary N) is 1. The van der Waals surface area contributed by atoms with Gasteiger partial charge < -0.3 is 4.74 Å². The molecule has 136 valence electrons. The lowest BCUT2D eigenvalue weighted by atomic mass is 9.87. The maximum absolute atomic E-state index is 13.1. The van der Waals surface area contributed by atoms with Crippen LogP contribution in [0.15, 0.2) is 29.8 Å². The van der Waals surface area contributed by atoms with Gasteiger partial charge in [0.15, 0.2) is 0 Å². The van der Waals surface area contributed by atoms with Crippen molar-refractivity contribution in [1.29, 1.82) is 0 Å². The molecule has 0 amide bonds. The Morgan fingerprint density at radius 2 is 2.12 bits per heavy atom. The summed E-state index contributed by atoms with van der Waals surface area (Å²) in [5.74, 6) is -1.16. The molecule has 3 rings (SSSR count). The molecule has 0 aliphatic heterocycles. The molecule has 1 aromatic carbocycles. The monoisotopic (exact) mass is 387 g/mol. The molecule has 0 heterocycles. The largest absolute Gasteiger partial charge is 0.463 e. The van der Waals surface area contributed by atoms with Crippen LogP contribution in [0.25, 0.3) is 0 Å². The standard InChI is InChI=1S/C17H19ClFNO4S/c1-2-24-16(21)12-10-17(7-8-17)6-5-15(12)25(22,23)20-14-4-3-11(19)9-13(14)18/h3-4,9-10,15,20H,2,5-8H2,1H3. The number of esters is 1. The zero-order valence-electron chi connectivity index (χ0n) is 13.7. The molecule has 0 aromatic heterocycles. The van der Waals surface area contributed by atoms with E-state index in [1.807, 2.05) is 0 Å². The van der Waals surface area contributed by atoms with Crippen molar-refractivity contribution in [3.63, 3.8) is 0 Å². The molecule has 8 heteroatoms. The Morgan fingerprint density at radius 1 is 1.40 bits per heavy atom. The van der Waals surface area contributed by atoms with Crippen molar-refractivity contribution in [3.05, 3.63) is 40.7 Å². The summed E-state index contributed by atoms with van der Waals surface area (Å²) < 4.78 is 46.2. The number of carbonyl (C=O) groups is 1. The molecule has 1 aromatic rings. The number of hydrogen-bond acceptors (Lipinski definition) is 4. The number of allylic oxidation sites excluding steroid dienone is 1. The summed E-state index contributed by atoms with van der Waals surface area (Å²) in [6.07, 6.45) is 4.72. The first-order valence-electron chi connectivity index (χ1n) is 8.13. The van der Waals surface area contributed by atoms with Gasteiger partial charge in [-0.15, -0.1) is 0 Å². The zero-order chi connectivity index (χ0) is 18.2. The minimum atomic E-state index is -3.93. The van der Waals surface area contributed by atoms with Crippen LogP contribution in [0, 0.1) is 11.2 Å². The number of hydrogen-bond donors (Lipinski definition) is 1. The molecule has 0 saturated heterocycles. The Balaban J connectivity index is 1.90. The third-order valence-corrected chi connectivity index (χ3v) is 6.73. The van der Waals surface area contributed by atoms with Crippen molar-refractivity contribution in [3.8, 4) is 0 Å². The Hall–Kier alpha value is -1.60. The molecule has 1 fully saturated rings. The molecule has 1 unspecified atom stereocenters. The number of anilines is 1. The highest BCUT2D eigenvalue weighted by Gasteiger charge is 2.48. The Labute approximate surface area is 151 Å². The lowest BCUT2D eigenvalue weighted by Gasteiger charge is -2.28. The summed E-state index contributed by atoms with van der Waals surface area (Å²) in [6, 6.07) is 3.40. The van der Waals surface area contributed by atoms with Gasteiger partial charge in [0.2, 0.25) is 10.0 Å². The van der Waals surface area contributed by atoms with E-state index in [0.29, 0.717) is 12.8 Å². The topological polar surface area (TPSA) is 72.5 Å². The van der Waals surface area contributed by atoms with E-state index in [4.69, 9.17) is 16.3 Å². The van der Waals surface area contributed by atoms with E-state index in [1.165, 1.54) is 6.07 Å². The third-order valence-electron chi connectivity index (χ3n) is 4.67. The van der Waals surface area contributed by atoms with E-state index in [2.05, 4.69) is 4.72 Å². The molecule has 0 bridgehead atoms. The van der Waals surface area contributed by atoms with E-state index in [0.717, 1.165) is 25.0 Å². The summed E-state index contributed by atoms with van der Waals surface area (Å²) in [7, 11) is -3.93. The van der Waals surface area contributed by atoms with Crippen LogP contribution in [-0.4, -0.2) is 26.2 Å². The number of rotatable bonds is 5. The molecule has 1 N–H and O–H groups in total. The minimum absolute atomic E-state index is 0.0419. The normalized spacial score (nSPS) is 21.6. The smallest absolute Gasteiger partial charge is 0.335 e. The van der Waals surface area contributed by atoms with Crippen LogP contribution in [0.2, 0.25) is 5.02 Å². The van der Waals surface area contributed by atoms with Gasteiger partial charge in [0.1, 0.15) is 11.1 Å². The molecular formula is C17H19ClFNO4S. The van der Waals surface area contributed by atoms with Gasteiger partial charge in [-0.05, 0) is 56.2 Å². The van der Waals surface area contributed by atoms with Crippen LogP contribution < -0.4 is 4.72 Å². The van der Waals surface area contributed by atoms with Crippen LogP contribution in [0.4, 0.5) is 10.1 Å². The second kappa shape index (κ2) is 6.61. The number of carbonyl (C=O) groups excluding carboxylic acids is 1. The van der Waals surface area contributed by atoms with E-state index in [9.17, 15) is 17.6 Å². The maximum Gasteiger partial charge on any atom is 0.335 e. The molecule has 5 nitrogen and oxygen atoms in total. The average molecular weight is 388 g/mol. The minimum Gasteiger partial charge on any atom is -0.463 e. The molecule has 0 radical (unpaired) electrons. The highest BCUT2D eigenvalue weighted by Crippen LogP contribution is 2.55. The van der Waals surface area contributed by atoms with Crippen LogP contribution in [0.3, 0.4) is 0 Å². The van der Waals surface area contributed by atoms with Crippen molar-refractivity contribution >= 4 is 33.3 Å². The molecular weight excluding hydrogens is 369 g/mol. The number of ether oxygens (including phenoxy) is 1. The molecule has 2 aliphatic rings. The van der Waals surface area contributed by atoms with Crippen LogP contribution in [0.5, 0.6) is 0 Å². The average Bonchev–Trinajstić information content (AvgIpc) is 3.29. The summed E-state index contributed by atoms with van der Waals surface area (Å²) in [6.45, 7) is 1.85. The van der Waals surface area contributed by atoms with Gasteiger partial charge >= 0.3 is 5.97 Å². The van der Waals surface area contributed by atoms with Crippen molar-refractivity contribution < 1.29 is 22.3 Å². The third kappa shape index (κ3) is 3.82. The highest BCUT2D eigenvalue weighted by molar-refractivity contribution is 7.93. The zero-order valence-corrected chi connectivity index (χ0v) is 15.3. The fraction of sp³-hybridized carbons (Fsp3) is 0.471. The van der Waals surface area contributed by atoms with Crippen LogP contribution >= 0.6 is 11.6 Å². The quantitative estimate of drug-likeness (QED) is 0.782. The Bertz CT molecular complexity index is 833. The van der Waals surface area contributed by atoms with Gasteiger partial charge in [0.05, 0.1) is 22.9 Å². The summed E-state index contributed by atoms with van der Waals surface area (Å²) >= 11 is 5.91. The predicted molar refractivity (Wildman–Crippen MR) is 93.4 cm³/mol. The Kier molecular flexibility index (Phi) is 4.81. The second-order valence-corrected chi connectivity index (χ2v) is 8.75. The van der Waals surface area contributed by atoms with Gasteiger partial charge in [0.25, 0.3) is 0 Å². The van der Waals surface area contributed by atoms with Crippen molar-refractivity contribution in [2.24, 2.45) is 5.41 Å². The SMILES string of the molecule is CCOC(=O)C1=CC2(CCC1S(=O)(=O)Nc1ccc(F)cc1Cl)CC2. The van der Waals surface area contributed by atoms with Crippen molar-refractivity contribution in [1.82, 2.24) is 0 Å². The number of benzene rings is 1. The molecule has 25 heavy (non-hydrogen) atoms. The first kappa shape index (κ1) is 18.2. The van der Waals surface area contributed by atoms with Crippen molar-refractivity contribution in [2.75, 3.05) is 11.3 Å². The molecule has 1 atom stereocenters. The van der Waals surface area contributed by atoms with Crippen molar-refractivity contribution in [2.45, 2.75) is 37.9 Å². The molecule has 2 aliphatic carbocycles. The van der Waals surface area contributed by atoms with E-state index >= 15 is 0 Å². The fourth-order valence-electron chi connectivity index (χ4n) is 3.15. The van der Waals surface area contributed by atoms with Crippen LogP contribution in [0.1, 0.15) is 32.6 Å². The van der Waals surface area contributed by atoms with E-state index < -0.39 is 27.1 Å².